The average molecular weight is 1600 g/mol. The first kappa shape index (κ1) is 95.5. The molecule has 3 aliphatic heterocycles. The third-order valence-electron chi connectivity index (χ3n) is 21.1. The first-order valence-corrected chi connectivity index (χ1v) is 41.3. The molecule has 6 aromatic carbocycles. The zero-order chi connectivity index (χ0) is 83.4. The Bertz CT molecular complexity index is 3790. The number of rotatable bonds is 50. The fourth-order valence-electron chi connectivity index (χ4n) is 14.9. The molecule has 0 aromatic heterocycles. The smallest absolute Gasteiger partial charge is 0.159 e. The van der Waals surface area contributed by atoms with Crippen molar-refractivity contribution in [3.8, 4) is 17.2 Å². The van der Waals surface area contributed by atoms with E-state index in [1.165, 1.54) is 11.1 Å². The number of phenolic OH excluding ortho intramolecular Hbond substituents is 1. The van der Waals surface area contributed by atoms with Crippen LogP contribution in [-0.4, -0.2) is 293 Å². The lowest BCUT2D eigenvalue weighted by Crippen LogP contribution is -2.57. The minimum Gasteiger partial charge on any atom is -0.508 e. The zero-order valence-corrected chi connectivity index (χ0v) is 71.2. The summed E-state index contributed by atoms with van der Waals surface area (Å²) in [5.41, 5.74) is 9.00. The van der Waals surface area contributed by atoms with Gasteiger partial charge in [0, 0.05) is 126 Å². The van der Waals surface area contributed by atoms with Crippen LogP contribution in [0.5, 0.6) is 17.2 Å². The van der Waals surface area contributed by atoms with Gasteiger partial charge in [0.15, 0.2) is 17.3 Å². The Kier molecular flexibility index (Phi) is 44.2. The number of nitrogens with zero attached hydrogens (tertiary/aromatic N) is 6. The number of ketones is 3. The molecule has 9 atom stereocenters. The number of hydrogen-bond acceptors (Lipinski definition) is 22. The lowest BCUT2D eigenvalue weighted by Gasteiger charge is -2.47. The van der Waals surface area contributed by atoms with E-state index in [1.807, 2.05) is 103 Å². The molecule has 0 bridgehead atoms. The number of Topliss-reactive ketones (excluding diaryl/α,β-unsaturated/α-hetero) is 3. The highest BCUT2D eigenvalue weighted by atomic mass is 16.6. The van der Waals surface area contributed by atoms with Gasteiger partial charge in [-0.2, -0.15) is 0 Å². The number of benzene rings is 6. The highest BCUT2D eigenvalue weighted by Crippen LogP contribution is 2.39. The molecular weight excluding hydrogens is 1470 g/mol. The van der Waals surface area contributed by atoms with Crippen molar-refractivity contribution in [2.24, 2.45) is 0 Å². The Morgan fingerprint density at radius 1 is 0.336 bits per heavy atom. The summed E-state index contributed by atoms with van der Waals surface area (Å²) in [5.74, 6) is 2.11. The largest absolute Gasteiger partial charge is 0.508 e. The molecule has 3 heterocycles. The maximum Gasteiger partial charge on any atom is 0.159 e. The Balaban J connectivity index is 0.000000250. The van der Waals surface area contributed by atoms with Crippen LogP contribution in [0.15, 0.2) is 184 Å². The molecule has 0 amide bonds. The van der Waals surface area contributed by atoms with Crippen LogP contribution in [0.1, 0.15) is 145 Å². The molecule has 22 heteroatoms. The molecule has 3 aliphatic rings. The number of piperazine rings is 3. The van der Waals surface area contributed by atoms with Crippen LogP contribution in [0.3, 0.4) is 0 Å². The number of phenols is 1. The van der Waals surface area contributed by atoms with Crippen LogP contribution < -0.4 is 9.47 Å². The van der Waals surface area contributed by atoms with Gasteiger partial charge in [0.05, 0.1) is 137 Å². The summed E-state index contributed by atoms with van der Waals surface area (Å²) in [5, 5.41) is 10.1. The maximum atomic E-state index is 12.0. The number of carbonyl (C=O) groups is 3. The van der Waals surface area contributed by atoms with Gasteiger partial charge in [0.2, 0.25) is 0 Å². The van der Waals surface area contributed by atoms with Gasteiger partial charge < -0.3 is 61.9 Å². The highest BCUT2D eigenvalue weighted by Gasteiger charge is 2.38. The topological polar surface area (TPSA) is 202 Å². The van der Waals surface area contributed by atoms with Crippen molar-refractivity contribution in [3.63, 3.8) is 0 Å². The lowest BCUT2D eigenvalue weighted by atomic mass is 9.92. The molecule has 22 nitrogen and oxygen atoms in total. The van der Waals surface area contributed by atoms with Gasteiger partial charge >= 0.3 is 0 Å². The molecule has 3 saturated heterocycles. The predicted octanol–water partition coefficient (Wildman–Crippen LogP) is 13.6. The van der Waals surface area contributed by atoms with E-state index in [4.69, 9.17) is 56.8 Å². The molecule has 0 radical (unpaired) electrons. The van der Waals surface area contributed by atoms with E-state index in [1.54, 1.807) is 41.1 Å². The molecule has 0 unspecified atom stereocenters. The number of carbonyl (C=O) groups excluding carboxylic acids is 3. The van der Waals surface area contributed by atoms with Gasteiger partial charge in [-0.1, -0.05) is 127 Å². The summed E-state index contributed by atoms with van der Waals surface area (Å²) in [6.07, 6.45) is 5.93. The van der Waals surface area contributed by atoms with Gasteiger partial charge in [-0.15, -0.1) is 19.7 Å². The Hall–Kier alpha value is -7.69. The van der Waals surface area contributed by atoms with Crippen molar-refractivity contribution in [3.05, 3.63) is 234 Å². The van der Waals surface area contributed by atoms with Crippen LogP contribution in [-0.2, 0) is 47.4 Å². The monoisotopic (exact) mass is 1600 g/mol. The fourth-order valence-corrected chi connectivity index (χ4v) is 14.9. The minimum absolute atomic E-state index is 0.0230. The molecule has 9 rings (SSSR count). The lowest BCUT2D eigenvalue weighted by molar-refractivity contribution is -0.0199. The summed E-state index contributed by atoms with van der Waals surface area (Å²) < 4.78 is 66.2. The Labute approximate surface area is 692 Å². The second kappa shape index (κ2) is 53.7. The van der Waals surface area contributed by atoms with E-state index >= 15 is 0 Å². The van der Waals surface area contributed by atoms with E-state index in [-0.39, 0.29) is 41.2 Å². The van der Waals surface area contributed by atoms with E-state index < -0.39 is 0 Å². The van der Waals surface area contributed by atoms with E-state index in [9.17, 15) is 19.5 Å². The van der Waals surface area contributed by atoms with Crippen molar-refractivity contribution >= 4 is 17.3 Å². The first-order valence-electron chi connectivity index (χ1n) is 41.3. The molecular formula is C94H134N6O16. The van der Waals surface area contributed by atoms with E-state index in [2.05, 4.69) is 145 Å². The van der Waals surface area contributed by atoms with Crippen LogP contribution in [0, 0.1) is 0 Å². The average Bonchev–Trinajstić information content (AvgIpc) is 0.796. The number of hydrogen-bond donors (Lipinski definition) is 1. The third kappa shape index (κ3) is 32.2. The normalized spacial score (nSPS) is 19.2. The van der Waals surface area contributed by atoms with Gasteiger partial charge in [-0.3, -0.25) is 43.8 Å². The van der Waals surface area contributed by atoms with Gasteiger partial charge in [0.1, 0.15) is 30.5 Å². The summed E-state index contributed by atoms with van der Waals surface area (Å²) in [4.78, 5) is 50.6. The van der Waals surface area contributed by atoms with Gasteiger partial charge in [0.25, 0.3) is 0 Å². The van der Waals surface area contributed by atoms with Gasteiger partial charge in [-0.25, -0.2) is 0 Å². The van der Waals surface area contributed by atoms with Crippen LogP contribution >= 0.6 is 0 Å². The molecule has 6 aromatic rings. The second-order valence-electron chi connectivity index (χ2n) is 30.0. The van der Waals surface area contributed by atoms with Crippen molar-refractivity contribution < 1.29 is 76.3 Å². The Morgan fingerprint density at radius 3 is 0.836 bits per heavy atom. The van der Waals surface area contributed by atoms with Crippen molar-refractivity contribution in [2.45, 2.75) is 117 Å². The number of aromatic hydroxyl groups is 1. The van der Waals surface area contributed by atoms with Crippen LogP contribution in [0.25, 0.3) is 0 Å². The highest BCUT2D eigenvalue weighted by molar-refractivity contribution is 5.95. The number of ether oxygens (including phenoxy) is 12. The molecule has 636 valence electrons. The van der Waals surface area contributed by atoms with Crippen LogP contribution in [0.2, 0.25) is 0 Å². The van der Waals surface area contributed by atoms with Crippen molar-refractivity contribution in [1.82, 2.24) is 29.4 Å². The minimum atomic E-state index is 0.0230. The molecule has 0 spiro atoms. The summed E-state index contributed by atoms with van der Waals surface area (Å²) in [7, 11) is 3.31. The maximum absolute atomic E-state index is 12.0. The Morgan fingerprint density at radius 2 is 0.586 bits per heavy atom. The molecule has 3 fully saturated rings. The molecule has 116 heavy (non-hydrogen) atoms. The summed E-state index contributed by atoms with van der Waals surface area (Å²) in [6.45, 7) is 48.9. The van der Waals surface area contributed by atoms with E-state index in [0.717, 1.165) is 109 Å². The number of methoxy groups -OCH3 is 2. The summed E-state index contributed by atoms with van der Waals surface area (Å²) in [6, 6.07) is 50.4. The second-order valence-corrected chi connectivity index (χ2v) is 30.0. The molecule has 0 aliphatic carbocycles. The standard InChI is InChI=1S/C39H60N2O9.C31H44N2O5.C24H30N2O2/c1-6-14-40-30-33(3)41(31-32(40)2)39(36-12-10-35(11-13-36)34(4)42)37-8-7-9-38(29-37)50-28-27-49-26-25-48-24-23-47-22-21-46-20-19-45-18-17-44-16-15-43-5;1-6-14-32-22-25(3)33(23-24(32)2)31(28-12-10-27(11-13-28)26(4)34)29-8-7-9-30(21-29)38-20-19-37-18-17-36-16-15-35-5;1-5-13-25-15-18(3)26(16-17(25)2)24(22-7-6-8-23(28)14-22)21-11-9-20(10-12-21)19(4)27/h6-13,29,32-33,39H,1,14-28,30-31H2,2-5H3;6-13,21,24-25,31H,1,14-20,22-23H2,2-5H3;5-12,14,17-18,24,28H,1,13,15-16H2,2-4H3/t32-,33+,39-;24-,25+,31-;17-,18+,24-/m111/s1. The fraction of sp³-hybridized carbons (Fsp3) is 0.521. The SMILES string of the molecule is C=CCN1C[C@H](C)N([C@H](c2ccc(C(C)=O)cc2)c2cccc(O)c2)C[C@H]1C.C=CCN1C[C@H](C)N([C@H](c2ccc(C(C)=O)cc2)c2cccc(OCCOCCOCCOC)c2)C[C@H]1C.C=CCN1C[C@H](C)N([C@H](c2ccc(C(C)=O)cc2)c2cccc(OCCOCCOCCOCCOCCOCCOCCOC)c2)C[C@H]1C. The van der Waals surface area contributed by atoms with E-state index in [0.29, 0.717) is 168 Å². The summed E-state index contributed by atoms with van der Waals surface area (Å²) >= 11 is 0. The zero-order valence-electron chi connectivity index (χ0n) is 71.2. The predicted molar refractivity (Wildman–Crippen MR) is 459 cm³/mol. The third-order valence-corrected chi connectivity index (χ3v) is 21.1. The quantitative estimate of drug-likeness (QED) is 0.0214. The van der Waals surface area contributed by atoms with Gasteiger partial charge in [-0.05, 0) is 132 Å². The van der Waals surface area contributed by atoms with Crippen molar-refractivity contribution in [2.75, 3.05) is 205 Å². The van der Waals surface area contributed by atoms with Crippen molar-refractivity contribution in [1.29, 1.82) is 0 Å². The molecule has 0 saturated carbocycles. The van der Waals surface area contributed by atoms with Crippen LogP contribution in [0.4, 0.5) is 0 Å². The first-order chi connectivity index (χ1) is 56.3. The molecule has 1 N–H and O–H groups in total.